The van der Waals surface area contributed by atoms with Gasteiger partial charge in [-0.3, -0.25) is 4.79 Å². The molecule has 0 radical (unpaired) electrons. The number of phenols is 1. The Bertz CT molecular complexity index is 1920. The van der Waals surface area contributed by atoms with Crippen molar-refractivity contribution in [3.8, 4) is 17.2 Å². The Morgan fingerprint density at radius 3 is 2.57 bits per heavy atom. The Morgan fingerprint density at radius 2 is 1.87 bits per heavy atom. The summed E-state index contributed by atoms with van der Waals surface area (Å²) >= 11 is 0. The van der Waals surface area contributed by atoms with Gasteiger partial charge in [0.15, 0.2) is 16.8 Å². The van der Waals surface area contributed by atoms with Crippen LogP contribution < -0.4 is 10.2 Å². The zero-order chi connectivity index (χ0) is 33.7. The van der Waals surface area contributed by atoms with Gasteiger partial charge >= 0.3 is 0 Å². The fourth-order valence-corrected chi connectivity index (χ4v) is 5.99. The molecule has 0 saturated carbocycles. The minimum atomic E-state index is -2.21. The summed E-state index contributed by atoms with van der Waals surface area (Å²) in [5, 5.41) is 63.2. The van der Waals surface area contributed by atoms with Crippen LogP contribution >= 0.6 is 0 Å². The molecule has 47 heavy (non-hydrogen) atoms. The van der Waals surface area contributed by atoms with Crippen LogP contribution in [-0.4, -0.2) is 89.0 Å². The Hall–Kier alpha value is -4.21. The average Bonchev–Trinajstić information content (AvgIpc) is 3.63. The van der Waals surface area contributed by atoms with Gasteiger partial charge in [0, 0.05) is 48.4 Å². The number of aryl methyl sites for hydroxylation is 1. The maximum absolute atomic E-state index is 13.1. The number of ether oxygens (including phenoxy) is 1. The Labute approximate surface area is 268 Å². The summed E-state index contributed by atoms with van der Waals surface area (Å²) in [6, 6.07) is 10.9. The predicted molar refractivity (Wildman–Crippen MR) is 170 cm³/mol. The maximum Gasteiger partial charge on any atom is 0.193 e. The van der Waals surface area contributed by atoms with E-state index in [2.05, 4.69) is 4.98 Å². The van der Waals surface area contributed by atoms with E-state index in [9.17, 15) is 35.4 Å². The first-order chi connectivity index (χ1) is 22.3. The Balaban J connectivity index is 1.30. The molecule has 0 fully saturated rings. The number of H-pyrrole nitrogens is 1. The number of nitrogens with one attached hydrogen (secondary N) is 1. The van der Waals surface area contributed by atoms with E-state index in [1.54, 1.807) is 26.8 Å². The number of rotatable bonds is 11. The van der Waals surface area contributed by atoms with Crippen molar-refractivity contribution in [1.82, 2.24) is 9.55 Å². The van der Waals surface area contributed by atoms with Crippen LogP contribution in [0.15, 0.2) is 70.3 Å². The van der Waals surface area contributed by atoms with Crippen molar-refractivity contribution in [2.75, 3.05) is 13.2 Å². The third-order valence-corrected chi connectivity index (χ3v) is 8.71. The summed E-state index contributed by atoms with van der Waals surface area (Å²) in [7, 11) is 0. The van der Waals surface area contributed by atoms with Crippen LogP contribution in [0.2, 0.25) is 0 Å². The van der Waals surface area contributed by atoms with E-state index in [0.717, 1.165) is 10.9 Å². The molecule has 13 nitrogen and oxygen atoms in total. The van der Waals surface area contributed by atoms with Gasteiger partial charge in [-0.15, -0.1) is 0 Å². The monoisotopic (exact) mass is 650 g/mol. The molecule has 5 aromatic rings. The SMILES string of the molecule is Cc1cc(=O)c2cc3c(c(-n4cc5cc[nH]c5c4)c2o1)OC(C)(C)C(OOCC(O)(Cc1ccc(O)cc1)C(O)C(O)C(O)CO)C3. The van der Waals surface area contributed by atoms with E-state index in [4.69, 9.17) is 18.9 Å². The van der Waals surface area contributed by atoms with Crippen LogP contribution in [0.5, 0.6) is 11.5 Å². The number of phenolic OH excluding ortho intramolecular Hbond substituents is 1. The van der Waals surface area contributed by atoms with Gasteiger partial charge in [-0.05, 0) is 50.6 Å². The van der Waals surface area contributed by atoms with Crippen LogP contribution in [0.25, 0.3) is 27.6 Å². The standard InChI is InChI=1S/C34H38N2O11/c1-18-10-25(39)23-11-21-12-27(33(2,3)46-30(21)28(31(23)45-18)36-14-20-8-9-35-24(20)15-36)47-44-17-34(43,32(42)29(41)26(40)16-37)13-19-4-6-22(38)7-5-19/h4-11,14-15,26-27,29,32,35,37-38,40-43H,12-13,16-17H2,1-3H3. The van der Waals surface area contributed by atoms with E-state index in [0.29, 0.717) is 39.3 Å². The number of nitrogens with zero attached hydrogens (tertiary/aromatic N) is 1. The van der Waals surface area contributed by atoms with Crippen molar-refractivity contribution in [1.29, 1.82) is 0 Å². The van der Waals surface area contributed by atoms with Gasteiger partial charge < -0.3 is 49.3 Å². The number of aliphatic hydroxyl groups is 5. The second-order valence-corrected chi connectivity index (χ2v) is 12.7. The first kappa shape index (κ1) is 32.7. The van der Waals surface area contributed by atoms with E-state index in [-0.39, 0.29) is 24.0 Å². The fourth-order valence-electron chi connectivity index (χ4n) is 5.99. The topological polar surface area (TPSA) is 200 Å². The lowest BCUT2D eigenvalue weighted by Gasteiger charge is -2.40. The molecule has 0 bridgehead atoms. The molecular weight excluding hydrogens is 612 g/mol. The Kier molecular flexibility index (Phi) is 8.65. The van der Waals surface area contributed by atoms with Crippen molar-refractivity contribution in [3.05, 3.63) is 88.2 Å². The third kappa shape index (κ3) is 6.26. The van der Waals surface area contributed by atoms with Gasteiger partial charge in [-0.2, -0.15) is 0 Å². The summed E-state index contributed by atoms with van der Waals surface area (Å²) in [6.07, 6.45) is -0.821. The van der Waals surface area contributed by atoms with Crippen molar-refractivity contribution >= 4 is 21.9 Å². The molecule has 0 saturated heterocycles. The maximum atomic E-state index is 13.1. The highest BCUT2D eigenvalue weighted by Gasteiger charge is 2.45. The number of benzene rings is 2. The van der Waals surface area contributed by atoms with Crippen molar-refractivity contribution < 1.29 is 49.6 Å². The molecular formula is C34H38N2O11. The number of hydrogen-bond acceptors (Lipinski definition) is 11. The smallest absolute Gasteiger partial charge is 0.193 e. The highest BCUT2D eigenvalue weighted by Crippen LogP contribution is 2.43. The van der Waals surface area contributed by atoms with E-state index >= 15 is 0 Å². The van der Waals surface area contributed by atoms with Gasteiger partial charge in [-0.25, -0.2) is 9.78 Å². The lowest BCUT2D eigenvalue weighted by Crippen LogP contribution is -2.57. The normalized spacial score (nSPS) is 19.2. The first-order valence-corrected chi connectivity index (χ1v) is 15.2. The summed E-state index contributed by atoms with van der Waals surface area (Å²) in [4.78, 5) is 27.7. The molecule has 1 aliphatic rings. The molecule has 13 heteroatoms. The highest BCUT2D eigenvalue weighted by molar-refractivity contribution is 5.91. The second-order valence-electron chi connectivity index (χ2n) is 12.7. The van der Waals surface area contributed by atoms with Gasteiger partial charge in [-0.1, -0.05) is 12.1 Å². The van der Waals surface area contributed by atoms with E-state index < -0.39 is 48.8 Å². The average molecular weight is 651 g/mol. The molecule has 0 aliphatic carbocycles. The van der Waals surface area contributed by atoms with Crippen molar-refractivity contribution in [2.24, 2.45) is 0 Å². The summed E-state index contributed by atoms with van der Waals surface area (Å²) in [6.45, 7) is 3.78. The molecule has 6 rings (SSSR count). The minimum Gasteiger partial charge on any atom is -0.508 e. The van der Waals surface area contributed by atoms with Gasteiger partial charge in [0.2, 0.25) is 0 Å². The van der Waals surface area contributed by atoms with E-state index in [1.807, 2.05) is 29.2 Å². The minimum absolute atomic E-state index is 0.00815. The molecule has 5 atom stereocenters. The number of aromatic nitrogens is 2. The summed E-state index contributed by atoms with van der Waals surface area (Å²) in [5.41, 5.74) is -0.517. The number of aromatic hydroxyl groups is 1. The number of aliphatic hydroxyl groups excluding tert-OH is 4. The van der Waals surface area contributed by atoms with E-state index in [1.165, 1.54) is 30.3 Å². The third-order valence-electron chi connectivity index (χ3n) is 8.71. The quantitative estimate of drug-likeness (QED) is 0.0816. The summed E-state index contributed by atoms with van der Waals surface area (Å²) in [5.74, 6) is 0.935. The van der Waals surface area contributed by atoms with Crippen LogP contribution in [-0.2, 0) is 22.6 Å². The zero-order valence-corrected chi connectivity index (χ0v) is 26.1. The van der Waals surface area contributed by atoms with Crippen LogP contribution in [0.1, 0.15) is 30.7 Å². The zero-order valence-electron chi connectivity index (χ0n) is 26.1. The molecule has 3 aromatic heterocycles. The molecule has 0 spiro atoms. The Morgan fingerprint density at radius 1 is 1.13 bits per heavy atom. The van der Waals surface area contributed by atoms with Gasteiger partial charge in [0.25, 0.3) is 0 Å². The van der Waals surface area contributed by atoms with Crippen LogP contribution in [0.3, 0.4) is 0 Å². The van der Waals surface area contributed by atoms with Crippen molar-refractivity contribution in [3.63, 3.8) is 0 Å². The molecule has 7 N–H and O–H groups in total. The van der Waals surface area contributed by atoms with Gasteiger partial charge in [0.1, 0.15) is 59.4 Å². The second kappa shape index (κ2) is 12.4. The summed E-state index contributed by atoms with van der Waals surface area (Å²) < 4.78 is 14.5. The molecule has 4 heterocycles. The number of fused-ring (bicyclic) bond motifs is 3. The predicted octanol–water partition coefficient (Wildman–Crippen LogP) is 2.16. The van der Waals surface area contributed by atoms with Crippen LogP contribution in [0, 0.1) is 6.92 Å². The lowest BCUT2D eigenvalue weighted by molar-refractivity contribution is -0.369. The lowest BCUT2D eigenvalue weighted by atomic mass is 9.85. The molecule has 250 valence electrons. The molecule has 5 unspecified atom stereocenters. The fraction of sp³-hybridized carbons (Fsp3) is 0.382. The van der Waals surface area contributed by atoms with Crippen molar-refractivity contribution in [2.45, 2.75) is 69.2 Å². The number of hydrogen-bond donors (Lipinski definition) is 7. The van der Waals surface area contributed by atoms with Gasteiger partial charge in [0.05, 0.1) is 17.5 Å². The highest BCUT2D eigenvalue weighted by atomic mass is 17.2. The molecule has 0 amide bonds. The number of aromatic amines is 1. The molecule has 2 aromatic carbocycles. The first-order valence-electron chi connectivity index (χ1n) is 15.2. The largest absolute Gasteiger partial charge is 0.508 e. The van der Waals surface area contributed by atoms with Crippen LogP contribution in [0.4, 0.5) is 0 Å². The molecule has 1 aliphatic heterocycles.